The summed E-state index contributed by atoms with van der Waals surface area (Å²) in [6.45, 7) is 5.65. The van der Waals surface area contributed by atoms with Gasteiger partial charge in [-0.05, 0) is 72.9 Å². The van der Waals surface area contributed by atoms with Crippen molar-refractivity contribution in [2.75, 3.05) is 26.7 Å². The van der Waals surface area contributed by atoms with E-state index in [1.165, 1.54) is 30.7 Å². The number of methoxy groups -OCH3 is 1. The second-order valence-corrected chi connectivity index (χ2v) is 11.0. The van der Waals surface area contributed by atoms with Gasteiger partial charge in [-0.15, -0.1) is 0 Å². The highest BCUT2D eigenvalue weighted by molar-refractivity contribution is 5.99. The first kappa shape index (κ1) is 34.3. The van der Waals surface area contributed by atoms with Crippen LogP contribution in [0, 0.1) is 11.6 Å². The molecular formula is C35H40F2N4O5. The Morgan fingerprint density at radius 1 is 0.978 bits per heavy atom. The lowest BCUT2D eigenvalue weighted by Crippen LogP contribution is -2.46. The molecule has 2 unspecified atom stereocenters. The number of benzene rings is 3. The second-order valence-electron chi connectivity index (χ2n) is 11.0. The van der Waals surface area contributed by atoms with Gasteiger partial charge in [-0.3, -0.25) is 4.79 Å². The molecule has 244 valence electrons. The van der Waals surface area contributed by atoms with E-state index < -0.39 is 29.7 Å². The molecule has 1 aromatic heterocycles. The smallest absolute Gasteiger partial charge is 0.338 e. The largest absolute Gasteiger partial charge is 0.497 e. The number of hydrogen-bond donors (Lipinski definition) is 2. The Labute approximate surface area is 267 Å². The average molecular weight is 635 g/mol. The van der Waals surface area contributed by atoms with Gasteiger partial charge >= 0.3 is 5.97 Å². The Kier molecular flexibility index (Phi) is 12.4. The van der Waals surface area contributed by atoms with Crippen molar-refractivity contribution in [1.29, 1.82) is 0 Å². The topological polar surface area (TPSA) is 120 Å². The predicted molar refractivity (Wildman–Crippen MR) is 170 cm³/mol. The summed E-state index contributed by atoms with van der Waals surface area (Å²) in [4.78, 5) is 33.2. The van der Waals surface area contributed by atoms with Crippen molar-refractivity contribution in [3.8, 4) is 17.2 Å². The Bertz CT molecular complexity index is 1570. The minimum atomic E-state index is -0.911. The minimum absolute atomic E-state index is 0.0382. The maximum atomic E-state index is 13.9. The number of ether oxygens (including phenoxy) is 2. The molecule has 0 aliphatic rings. The monoisotopic (exact) mass is 634 g/mol. The van der Waals surface area contributed by atoms with Gasteiger partial charge < -0.3 is 29.8 Å². The standard InChI is InChI=1S/C35H40F2N4O5/c1-4-10-41(11-5-2)34(42)26-17-25(33-40-9-12-45-33)18-27(19-26)35(43)46-32(22-39-21-23-7-6-8-30(15-23)44-3)31(38)16-24-13-28(36)20-29(37)14-24/h6-9,12-15,17-20,31-32,39H,4-5,10-11,16,21-22,38H2,1-3H3. The van der Waals surface area contributed by atoms with E-state index in [0.29, 0.717) is 36.5 Å². The summed E-state index contributed by atoms with van der Waals surface area (Å²) in [6, 6.07) is 14.5. The van der Waals surface area contributed by atoms with Gasteiger partial charge in [0.05, 0.1) is 18.9 Å². The molecule has 0 radical (unpaired) electrons. The Hall–Kier alpha value is -4.61. The van der Waals surface area contributed by atoms with Crippen molar-refractivity contribution in [2.45, 2.75) is 51.8 Å². The molecule has 1 amide bonds. The molecular weight excluding hydrogens is 594 g/mol. The summed E-state index contributed by atoms with van der Waals surface area (Å²) in [5.41, 5.74) is 8.60. The van der Waals surface area contributed by atoms with Gasteiger partial charge in [0.15, 0.2) is 0 Å². The fourth-order valence-electron chi connectivity index (χ4n) is 5.16. The quantitative estimate of drug-likeness (QED) is 0.149. The Balaban J connectivity index is 1.61. The summed E-state index contributed by atoms with van der Waals surface area (Å²) >= 11 is 0. The molecule has 0 fully saturated rings. The van der Waals surface area contributed by atoms with Crippen LogP contribution in [0.25, 0.3) is 11.5 Å². The number of esters is 1. The number of nitrogens with two attached hydrogens (primary N) is 1. The summed E-state index contributed by atoms with van der Waals surface area (Å²) in [5, 5.41) is 3.26. The van der Waals surface area contributed by atoms with E-state index in [4.69, 9.17) is 19.6 Å². The highest BCUT2D eigenvalue weighted by Gasteiger charge is 2.26. The molecule has 0 saturated heterocycles. The Morgan fingerprint density at radius 3 is 2.35 bits per heavy atom. The van der Waals surface area contributed by atoms with Crippen LogP contribution in [0.3, 0.4) is 0 Å². The van der Waals surface area contributed by atoms with E-state index in [-0.39, 0.29) is 35.9 Å². The highest BCUT2D eigenvalue weighted by atomic mass is 19.1. The van der Waals surface area contributed by atoms with E-state index in [1.807, 2.05) is 38.1 Å². The molecule has 0 saturated carbocycles. The molecule has 4 rings (SSSR count). The normalized spacial score (nSPS) is 12.4. The number of nitrogens with zero attached hydrogens (tertiary/aromatic N) is 2. The second kappa shape index (κ2) is 16.6. The number of hydrogen-bond acceptors (Lipinski definition) is 8. The average Bonchev–Trinajstić information content (AvgIpc) is 3.58. The lowest BCUT2D eigenvalue weighted by molar-refractivity contribution is 0.0238. The zero-order chi connectivity index (χ0) is 33.1. The van der Waals surface area contributed by atoms with Crippen molar-refractivity contribution < 1.29 is 32.3 Å². The van der Waals surface area contributed by atoms with Crippen LogP contribution in [0.1, 0.15) is 58.5 Å². The van der Waals surface area contributed by atoms with Crippen molar-refractivity contribution in [3.63, 3.8) is 0 Å². The van der Waals surface area contributed by atoms with Gasteiger partial charge in [0, 0.05) is 49.4 Å². The van der Waals surface area contributed by atoms with E-state index in [1.54, 1.807) is 24.1 Å². The maximum absolute atomic E-state index is 13.9. The van der Waals surface area contributed by atoms with Gasteiger partial charge in [0.25, 0.3) is 5.91 Å². The number of oxazole rings is 1. The molecule has 0 spiro atoms. The zero-order valence-corrected chi connectivity index (χ0v) is 26.3. The van der Waals surface area contributed by atoms with Gasteiger partial charge in [-0.2, -0.15) is 0 Å². The number of halogens is 2. The lowest BCUT2D eigenvalue weighted by atomic mass is 10.0. The minimum Gasteiger partial charge on any atom is -0.497 e. The first-order valence-corrected chi connectivity index (χ1v) is 15.3. The fourth-order valence-corrected chi connectivity index (χ4v) is 5.16. The third-order valence-electron chi connectivity index (χ3n) is 7.31. The van der Waals surface area contributed by atoms with Crippen LogP contribution in [-0.2, 0) is 17.7 Å². The van der Waals surface area contributed by atoms with Crippen LogP contribution in [0.5, 0.6) is 5.75 Å². The molecule has 2 atom stereocenters. The molecule has 0 bridgehead atoms. The number of nitrogens with one attached hydrogen (secondary N) is 1. The molecule has 0 aliphatic carbocycles. The number of rotatable bonds is 16. The number of amides is 1. The van der Waals surface area contributed by atoms with Crippen molar-refractivity contribution in [2.24, 2.45) is 5.73 Å². The van der Waals surface area contributed by atoms with Crippen LogP contribution in [0.15, 0.2) is 77.5 Å². The van der Waals surface area contributed by atoms with E-state index >= 15 is 0 Å². The zero-order valence-electron chi connectivity index (χ0n) is 26.3. The first-order chi connectivity index (χ1) is 22.2. The Morgan fingerprint density at radius 2 is 1.70 bits per heavy atom. The molecule has 9 nitrogen and oxygen atoms in total. The molecule has 11 heteroatoms. The van der Waals surface area contributed by atoms with Gasteiger partial charge in [0.1, 0.15) is 29.8 Å². The summed E-state index contributed by atoms with van der Waals surface area (Å²) in [7, 11) is 1.58. The highest BCUT2D eigenvalue weighted by Crippen LogP contribution is 2.24. The first-order valence-electron chi connectivity index (χ1n) is 15.3. The summed E-state index contributed by atoms with van der Waals surface area (Å²) in [6.07, 6.45) is 3.55. The van der Waals surface area contributed by atoms with Crippen molar-refractivity contribution in [1.82, 2.24) is 15.2 Å². The molecule has 46 heavy (non-hydrogen) atoms. The lowest BCUT2D eigenvalue weighted by Gasteiger charge is -2.25. The molecule has 3 N–H and O–H groups in total. The van der Waals surface area contributed by atoms with Crippen LogP contribution in [-0.4, -0.2) is 60.7 Å². The number of aromatic nitrogens is 1. The molecule has 3 aromatic carbocycles. The predicted octanol–water partition coefficient (Wildman–Crippen LogP) is 5.78. The van der Waals surface area contributed by atoms with E-state index in [2.05, 4.69) is 10.3 Å². The fraction of sp³-hybridized carbons (Fsp3) is 0.343. The third-order valence-corrected chi connectivity index (χ3v) is 7.31. The summed E-state index contributed by atoms with van der Waals surface area (Å²) < 4.78 is 44.6. The van der Waals surface area contributed by atoms with Crippen molar-refractivity contribution in [3.05, 3.63) is 107 Å². The van der Waals surface area contributed by atoms with Crippen LogP contribution < -0.4 is 15.8 Å². The molecule has 1 heterocycles. The molecule has 4 aromatic rings. The van der Waals surface area contributed by atoms with Gasteiger partial charge in [-0.1, -0.05) is 26.0 Å². The van der Waals surface area contributed by atoms with Gasteiger partial charge in [-0.25, -0.2) is 18.6 Å². The maximum Gasteiger partial charge on any atom is 0.338 e. The van der Waals surface area contributed by atoms with Crippen molar-refractivity contribution >= 4 is 11.9 Å². The SMILES string of the molecule is CCCN(CCC)C(=O)c1cc(C(=O)OC(CNCc2cccc(OC)c2)C(N)Cc2cc(F)cc(F)c2)cc(-c2ncco2)c1. The number of carbonyl (C=O) groups is 2. The van der Waals surface area contributed by atoms with Crippen LogP contribution >= 0.6 is 0 Å². The van der Waals surface area contributed by atoms with E-state index in [9.17, 15) is 18.4 Å². The van der Waals surface area contributed by atoms with E-state index in [0.717, 1.165) is 24.5 Å². The molecule has 0 aliphatic heterocycles. The van der Waals surface area contributed by atoms with Crippen LogP contribution in [0.2, 0.25) is 0 Å². The van der Waals surface area contributed by atoms with Crippen LogP contribution in [0.4, 0.5) is 8.78 Å². The number of carbonyl (C=O) groups excluding carboxylic acids is 2. The summed E-state index contributed by atoms with van der Waals surface area (Å²) in [5.74, 6) is -1.48. The van der Waals surface area contributed by atoms with Gasteiger partial charge in [0.2, 0.25) is 5.89 Å². The third kappa shape index (κ3) is 9.45.